The summed E-state index contributed by atoms with van der Waals surface area (Å²) in [6.07, 6.45) is 3.94. The molecule has 136 valence electrons. The number of hydrogen-bond acceptors (Lipinski definition) is 3. The van der Waals surface area contributed by atoms with E-state index in [9.17, 15) is 0 Å². The molecule has 0 bridgehead atoms. The molecule has 0 saturated carbocycles. The van der Waals surface area contributed by atoms with Crippen LogP contribution >= 0.6 is 24.0 Å². The predicted octanol–water partition coefficient (Wildman–Crippen LogP) is 1.99. The molecule has 5 nitrogen and oxygen atoms in total. The molecule has 2 N–H and O–H groups in total. The first-order valence-electron chi connectivity index (χ1n) is 9.25. The van der Waals surface area contributed by atoms with Crippen molar-refractivity contribution in [2.75, 3.05) is 52.4 Å². The molecule has 0 aromatic carbocycles. The highest BCUT2D eigenvalue weighted by molar-refractivity contribution is 14.0. The summed E-state index contributed by atoms with van der Waals surface area (Å²) < 4.78 is 0. The minimum Gasteiger partial charge on any atom is -0.357 e. The number of halogens is 1. The number of hydrogen-bond donors (Lipinski definition) is 2. The molecule has 2 unspecified atom stereocenters. The first-order valence-corrected chi connectivity index (χ1v) is 9.25. The molecule has 6 heteroatoms. The normalized spacial score (nSPS) is 26.3. The van der Waals surface area contributed by atoms with Gasteiger partial charge in [0, 0.05) is 32.2 Å². The third kappa shape index (κ3) is 6.74. The van der Waals surface area contributed by atoms with Gasteiger partial charge in [-0.1, -0.05) is 13.8 Å². The maximum atomic E-state index is 4.83. The predicted molar refractivity (Wildman–Crippen MR) is 110 cm³/mol. The number of rotatable bonds is 7. The molecule has 0 spiro atoms. The maximum Gasteiger partial charge on any atom is 0.191 e. The van der Waals surface area contributed by atoms with Crippen molar-refractivity contribution in [3.8, 4) is 0 Å². The van der Waals surface area contributed by atoms with Crippen LogP contribution in [0.4, 0.5) is 0 Å². The average Bonchev–Trinajstić information content (AvgIpc) is 3.18. The van der Waals surface area contributed by atoms with Crippen LogP contribution < -0.4 is 10.6 Å². The van der Waals surface area contributed by atoms with Gasteiger partial charge in [0.2, 0.25) is 0 Å². The van der Waals surface area contributed by atoms with Crippen molar-refractivity contribution < 1.29 is 0 Å². The summed E-state index contributed by atoms with van der Waals surface area (Å²) in [7, 11) is 0. The molecule has 2 fully saturated rings. The van der Waals surface area contributed by atoms with Gasteiger partial charge in [-0.05, 0) is 58.3 Å². The van der Waals surface area contributed by atoms with Gasteiger partial charge in [0.25, 0.3) is 0 Å². The van der Waals surface area contributed by atoms with Gasteiger partial charge in [-0.3, -0.25) is 9.89 Å². The fourth-order valence-corrected chi connectivity index (χ4v) is 3.67. The van der Waals surface area contributed by atoms with Crippen molar-refractivity contribution in [3.63, 3.8) is 0 Å². The number of likely N-dealkylation sites (N-methyl/N-ethyl adjacent to an activating group) is 1. The molecule has 2 heterocycles. The fourth-order valence-electron chi connectivity index (χ4n) is 3.67. The standard InChI is InChI=1S/C17H35N5.HI/c1-4-18-17(19-12-15-9-11-21(5-2)14-15)20-13-16-8-7-10-22(16)6-3;/h15-16H,4-14H2,1-3H3,(H2,18,19,20);1H. The van der Waals surface area contributed by atoms with Gasteiger partial charge in [0.1, 0.15) is 0 Å². The zero-order valence-electron chi connectivity index (χ0n) is 15.2. The van der Waals surface area contributed by atoms with Crippen LogP contribution in [0.1, 0.15) is 40.0 Å². The third-order valence-electron chi connectivity index (χ3n) is 5.08. The summed E-state index contributed by atoms with van der Waals surface area (Å²) >= 11 is 0. The van der Waals surface area contributed by atoms with E-state index < -0.39 is 0 Å². The minimum atomic E-state index is 0. The van der Waals surface area contributed by atoms with E-state index in [2.05, 4.69) is 41.2 Å². The van der Waals surface area contributed by atoms with Crippen molar-refractivity contribution in [2.45, 2.75) is 46.1 Å². The lowest BCUT2D eigenvalue weighted by Gasteiger charge is -2.24. The molecule has 2 rings (SSSR count). The van der Waals surface area contributed by atoms with Crippen LogP contribution in [0.2, 0.25) is 0 Å². The summed E-state index contributed by atoms with van der Waals surface area (Å²) in [5.41, 5.74) is 0. The Morgan fingerprint density at radius 1 is 1.09 bits per heavy atom. The second kappa shape index (κ2) is 11.5. The van der Waals surface area contributed by atoms with E-state index in [4.69, 9.17) is 4.99 Å². The molecule has 2 aliphatic rings. The van der Waals surface area contributed by atoms with Crippen molar-refractivity contribution in [1.29, 1.82) is 0 Å². The quantitative estimate of drug-likeness (QED) is 0.363. The second-order valence-electron chi connectivity index (χ2n) is 6.57. The lowest BCUT2D eigenvalue weighted by Crippen LogP contribution is -2.45. The molecule has 0 radical (unpaired) electrons. The lowest BCUT2D eigenvalue weighted by atomic mass is 10.1. The monoisotopic (exact) mass is 437 g/mol. The number of aliphatic imine (C=N–C) groups is 1. The van der Waals surface area contributed by atoms with Crippen LogP contribution in [0.5, 0.6) is 0 Å². The minimum absolute atomic E-state index is 0. The van der Waals surface area contributed by atoms with Gasteiger partial charge in [-0.25, -0.2) is 0 Å². The summed E-state index contributed by atoms with van der Waals surface area (Å²) in [5, 5.41) is 6.96. The molecular formula is C17H36IN5. The van der Waals surface area contributed by atoms with Crippen molar-refractivity contribution in [1.82, 2.24) is 20.4 Å². The molecule has 2 atom stereocenters. The lowest BCUT2D eigenvalue weighted by molar-refractivity contribution is 0.267. The van der Waals surface area contributed by atoms with Gasteiger partial charge in [0.05, 0.1) is 0 Å². The van der Waals surface area contributed by atoms with E-state index in [1.807, 2.05) is 0 Å². The summed E-state index contributed by atoms with van der Waals surface area (Å²) in [6, 6.07) is 0.677. The third-order valence-corrected chi connectivity index (χ3v) is 5.08. The molecule has 2 saturated heterocycles. The van der Waals surface area contributed by atoms with Gasteiger partial charge in [-0.2, -0.15) is 0 Å². The molecule has 23 heavy (non-hydrogen) atoms. The van der Waals surface area contributed by atoms with E-state index in [1.165, 1.54) is 45.4 Å². The molecule has 0 aromatic heterocycles. The number of guanidine groups is 1. The number of nitrogens with zero attached hydrogens (tertiary/aromatic N) is 3. The average molecular weight is 437 g/mol. The molecular weight excluding hydrogens is 401 g/mol. The maximum absolute atomic E-state index is 4.83. The smallest absolute Gasteiger partial charge is 0.191 e. The molecule has 0 aliphatic carbocycles. The van der Waals surface area contributed by atoms with Crippen molar-refractivity contribution >= 4 is 29.9 Å². The van der Waals surface area contributed by atoms with E-state index in [1.54, 1.807) is 0 Å². The number of likely N-dealkylation sites (tertiary alicyclic amines) is 2. The first-order chi connectivity index (χ1) is 10.8. The first kappa shape index (κ1) is 21.0. The Morgan fingerprint density at radius 2 is 1.91 bits per heavy atom. The Hall–Kier alpha value is -0.0800. The zero-order chi connectivity index (χ0) is 15.8. The van der Waals surface area contributed by atoms with Gasteiger partial charge >= 0.3 is 0 Å². The van der Waals surface area contributed by atoms with Crippen LogP contribution in [0.3, 0.4) is 0 Å². The Morgan fingerprint density at radius 3 is 2.57 bits per heavy atom. The van der Waals surface area contributed by atoms with Crippen LogP contribution in [-0.2, 0) is 0 Å². The van der Waals surface area contributed by atoms with E-state index in [0.29, 0.717) is 6.04 Å². The Kier molecular flexibility index (Phi) is 10.5. The molecule has 0 aromatic rings. The highest BCUT2D eigenvalue weighted by atomic mass is 127. The van der Waals surface area contributed by atoms with E-state index in [-0.39, 0.29) is 24.0 Å². The molecule has 2 aliphatic heterocycles. The van der Waals surface area contributed by atoms with Crippen LogP contribution in [-0.4, -0.2) is 74.2 Å². The highest BCUT2D eigenvalue weighted by Gasteiger charge is 2.23. The second-order valence-corrected chi connectivity index (χ2v) is 6.57. The van der Waals surface area contributed by atoms with Gasteiger partial charge in [0.15, 0.2) is 5.96 Å². The number of nitrogens with one attached hydrogen (secondary N) is 2. The Bertz CT molecular complexity index is 350. The fraction of sp³-hybridized carbons (Fsp3) is 0.941. The largest absolute Gasteiger partial charge is 0.357 e. The topological polar surface area (TPSA) is 42.9 Å². The summed E-state index contributed by atoms with van der Waals surface area (Å²) in [5.74, 6) is 1.73. The summed E-state index contributed by atoms with van der Waals surface area (Å²) in [4.78, 5) is 9.93. The Balaban J connectivity index is 0.00000264. The van der Waals surface area contributed by atoms with E-state index in [0.717, 1.165) is 38.1 Å². The van der Waals surface area contributed by atoms with Crippen LogP contribution in [0.15, 0.2) is 4.99 Å². The highest BCUT2D eigenvalue weighted by Crippen LogP contribution is 2.16. The van der Waals surface area contributed by atoms with Crippen molar-refractivity contribution in [3.05, 3.63) is 0 Å². The SMILES string of the molecule is CCNC(=NCC1CCN(CC)C1)NCC1CCCN1CC.I. The van der Waals surface area contributed by atoms with Gasteiger partial charge < -0.3 is 15.5 Å². The zero-order valence-corrected chi connectivity index (χ0v) is 17.5. The Labute approximate surface area is 159 Å². The molecule has 0 amide bonds. The van der Waals surface area contributed by atoms with Crippen LogP contribution in [0.25, 0.3) is 0 Å². The van der Waals surface area contributed by atoms with Gasteiger partial charge in [-0.15, -0.1) is 24.0 Å². The van der Waals surface area contributed by atoms with E-state index >= 15 is 0 Å². The van der Waals surface area contributed by atoms with Crippen molar-refractivity contribution in [2.24, 2.45) is 10.9 Å². The van der Waals surface area contributed by atoms with Crippen LogP contribution in [0, 0.1) is 5.92 Å². The summed E-state index contributed by atoms with van der Waals surface area (Å²) in [6.45, 7) is 15.6.